The molecule has 1 N–H and O–H groups in total. The van der Waals surface area contributed by atoms with Gasteiger partial charge in [-0.3, -0.25) is 9.69 Å². The maximum absolute atomic E-state index is 13.6. The summed E-state index contributed by atoms with van der Waals surface area (Å²) in [6.07, 6.45) is 1.60. The van der Waals surface area contributed by atoms with Crippen molar-refractivity contribution in [2.75, 3.05) is 12.4 Å². The Labute approximate surface area is 125 Å². The van der Waals surface area contributed by atoms with Crippen LogP contribution in [-0.2, 0) is 11.3 Å². The number of benzene rings is 1. The Bertz CT molecular complexity index is 619. The van der Waals surface area contributed by atoms with E-state index in [9.17, 15) is 13.6 Å². The average molecular weight is 311 g/mol. The fraction of sp³-hybridized carbons (Fsp3) is 0.286. The number of halogens is 2. The average Bonchev–Trinajstić information content (AvgIpc) is 2.93. The molecule has 0 radical (unpaired) electrons. The van der Waals surface area contributed by atoms with E-state index in [1.54, 1.807) is 30.4 Å². The summed E-state index contributed by atoms with van der Waals surface area (Å²) in [5, 5.41) is 4.97. The molecule has 0 saturated heterocycles. The molecule has 1 aromatic carbocycles. The molecule has 0 bridgehead atoms. The molecule has 0 aliphatic heterocycles. The van der Waals surface area contributed by atoms with E-state index in [4.69, 9.17) is 0 Å². The summed E-state index contributed by atoms with van der Waals surface area (Å²) >= 11 is 1.33. The first-order chi connectivity index (χ1) is 9.97. The summed E-state index contributed by atoms with van der Waals surface area (Å²) in [5.74, 6) is -1.46. The van der Waals surface area contributed by atoms with E-state index in [0.29, 0.717) is 10.7 Å². The normalized spacial score (nSPS) is 12.4. The van der Waals surface area contributed by atoms with E-state index in [-0.39, 0.29) is 12.5 Å². The third kappa shape index (κ3) is 4.05. The van der Waals surface area contributed by atoms with E-state index >= 15 is 0 Å². The van der Waals surface area contributed by atoms with Gasteiger partial charge < -0.3 is 5.32 Å². The van der Waals surface area contributed by atoms with Crippen LogP contribution >= 0.6 is 11.3 Å². The van der Waals surface area contributed by atoms with Gasteiger partial charge in [0.2, 0.25) is 5.91 Å². The zero-order chi connectivity index (χ0) is 15.4. The number of anilines is 1. The first-order valence-electron chi connectivity index (χ1n) is 6.32. The third-order valence-corrected chi connectivity index (χ3v) is 3.83. The predicted octanol–water partition coefficient (Wildman–Crippen LogP) is 2.88. The number of aromatic nitrogens is 1. The van der Waals surface area contributed by atoms with Crippen molar-refractivity contribution in [2.24, 2.45) is 0 Å². The lowest BCUT2D eigenvalue weighted by Gasteiger charge is -2.23. The van der Waals surface area contributed by atoms with Gasteiger partial charge in [0.05, 0.1) is 6.04 Å². The Kier molecular flexibility index (Phi) is 4.98. The SMILES string of the molecule is CC(C(=O)Nc1nccs1)N(C)Cc1ccc(F)cc1F. The Hall–Kier alpha value is -1.86. The van der Waals surface area contributed by atoms with Gasteiger partial charge in [-0.2, -0.15) is 0 Å². The minimum absolute atomic E-state index is 0.207. The summed E-state index contributed by atoms with van der Waals surface area (Å²) in [4.78, 5) is 17.7. The van der Waals surface area contributed by atoms with Crippen molar-refractivity contribution in [3.8, 4) is 0 Å². The van der Waals surface area contributed by atoms with E-state index in [1.807, 2.05) is 0 Å². The third-order valence-electron chi connectivity index (χ3n) is 3.14. The van der Waals surface area contributed by atoms with Crippen LogP contribution in [0.5, 0.6) is 0 Å². The standard InChI is InChI=1S/C14H15F2N3OS/c1-9(13(20)18-14-17-5-6-21-14)19(2)8-10-3-4-11(15)7-12(10)16/h3-7,9H,8H2,1-2H3,(H,17,18,20). The van der Waals surface area contributed by atoms with E-state index in [0.717, 1.165) is 6.07 Å². The van der Waals surface area contributed by atoms with Crippen molar-refractivity contribution in [3.05, 3.63) is 47.0 Å². The Balaban J connectivity index is 1.98. The lowest BCUT2D eigenvalue weighted by molar-refractivity contribution is -0.120. The lowest BCUT2D eigenvalue weighted by Crippen LogP contribution is -2.39. The van der Waals surface area contributed by atoms with Gasteiger partial charge in [0, 0.05) is 29.8 Å². The Morgan fingerprint density at radius 3 is 2.86 bits per heavy atom. The van der Waals surface area contributed by atoms with Crippen LogP contribution in [0.3, 0.4) is 0 Å². The first kappa shape index (κ1) is 15.5. The topological polar surface area (TPSA) is 45.2 Å². The predicted molar refractivity (Wildman–Crippen MR) is 78.0 cm³/mol. The number of likely N-dealkylation sites (N-methyl/N-ethyl adjacent to an activating group) is 1. The number of thiazole rings is 1. The molecule has 0 saturated carbocycles. The van der Waals surface area contributed by atoms with Crippen LogP contribution in [0.25, 0.3) is 0 Å². The minimum atomic E-state index is -0.617. The van der Waals surface area contributed by atoms with Crippen molar-refractivity contribution in [1.29, 1.82) is 0 Å². The number of nitrogens with zero attached hydrogens (tertiary/aromatic N) is 2. The number of carbonyl (C=O) groups is 1. The van der Waals surface area contributed by atoms with Crippen LogP contribution in [0, 0.1) is 11.6 Å². The monoisotopic (exact) mass is 311 g/mol. The second-order valence-corrected chi connectivity index (χ2v) is 5.55. The molecule has 0 spiro atoms. The van der Waals surface area contributed by atoms with Crippen LogP contribution in [0.15, 0.2) is 29.8 Å². The summed E-state index contributed by atoms with van der Waals surface area (Å²) in [5.41, 5.74) is 0.341. The smallest absolute Gasteiger partial charge is 0.243 e. The lowest BCUT2D eigenvalue weighted by atomic mass is 10.1. The molecule has 1 aromatic heterocycles. The molecule has 0 fully saturated rings. The molecule has 4 nitrogen and oxygen atoms in total. The highest BCUT2D eigenvalue weighted by Crippen LogP contribution is 2.15. The number of amides is 1. The van der Waals surface area contributed by atoms with E-state index in [2.05, 4.69) is 10.3 Å². The van der Waals surface area contributed by atoms with Crippen LogP contribution in [0.4, 0.5) is 13.9 Å². The van der Waals surface area contributed by atoms with Gasteiger partial charge in [-0.1, -0.05) is 6.07 Å². The summed E-state index contributed by atoms with van der Waals surface area (Å²) in [6.45, 7) is 1.92. The molecule has 1 heterocycles. The summed E-state index contributed by atoms with van der Waals surface area (Å²) in [6, 6.07) is 2.95. The van der Waals surface area contributed by atoms with Crippen LogP contribution in [0.2, 0.25) is 0 Å². The largest absolute Gasteiger partial charge is 0.301 e. The molecule has 0 aliphatic rings. The maximum Gasteiger partial charge on any atom is 0.243 e. The molecule has 2 aromatic rings. The molecule has 2 rings (SSSR count). The molecular weight excluding hydrogens is 296 g/mol. The van der Waals surface area contributed by atoms with Gasteiger partial charge >= 0.3 is 0 Å². The molecule has 7 heteroatoms. The van der Waals surface area contributed by atoms with E-state index < -0.39 is 17.7 Å². The Morgan fingerprint density at radius 1 is 1.48 bits per heavy atom. The first-order valence-corrected chi connectivity index (χ1v) is 7.20. The number of hydrogen-bond acceptors (Lipinski definition) is 4. The quantitative estimate of drug-likeness (QED) is 0.923. The highest BCUT2D eigenvalue weighted by Gasteiger charge is 2.20. The van der Waals surface area contributed by atoms with E-state index in [1.165, 1.54) is 23.5 Å². The minimum Gasteiger partial charge on any atom is -0.301 e. The number of rotatable bonds is 5. The highest BCUT2D eigenvalue weighted by atomic mass is 32.1. The van der Waals surface area contributed by atoms with Gasteiger partial charge in [-0.15, -0.1) is 11.3 Å². The van der Waals surface area contributed by atoms with Crippen molar-refractivity contribution >= 4 is 22.4 Å². The summed E-state index contributed by atoms with van der Waals surface area (Å²) in [7, 11) is 1.70. The highest BCUT2D eigenvalue weighted by molar-refractivity contribution is 7.13. The molecule has 21 heavy (non-hydrogen) atoms. The van der Waals surface area contributed by atoms with Crippen molar-refractivity contribution in [3.63, 3.8) is 0 Å². The Morgan fingerprint density at radius 2 is 2.24 bits per heavy atom. The van der Waals surface area contributed by atoms with Crippen molar-refractivity contribution < 1.29 is 13.6 Å². The molecule has 0 aliphatic carbocycles. The van der Waals surface area contributed by atoms with Gasteiger partial charge in [-0.05, 0) is 20.0 Å². The van der Waals surface area contributed by atoms with Crippen LogP contribution < -0.4 is 5.32 Å². The second-order valence-electron chi connectivity index (χ2n) is 4.65. The number of nitrogens with one attached hydrogen (secondary N) is 1. The fourth-order valence-corrected chi connectivity index (χ4v) is 2.28. The molecular formula is C14H15F2N3OS. The molecule has 1 unspecified atom stereocenters. The zero-order valence-electron chi connectivity index (χ0n) is 11.6. The van der Waals surface area contributed by atoms with Gasteiger partial charge in [-0.25, -0.2) is 13.8 Å². The van der Waals surface area contributed by atoms with Gasteiger partial charge in [0.25, 0.3) is 0 Å². The summed E-state index contributed by atoms with van der Waals surface area (Å²) < 4.78 is 26.5. The molecule has 1 atom stereocenters. The fourth-order valence-electron chi connectivity index (χ4n) is 1.75. The van der Waals surface area contributed by atoms with Crippen LogP contribution in [0.1, 0.15) is 12.5 Å². The van der Waals surface area contributed by atoms with Crippen molar-refractivity contribution in [1.82, 2.24) is 9.88 Å². The van der Waals surface area contributed by atoms with Crippen molar-refractivity contribution in [2.45, 2.75) is 19.5 Å². The molecule has 112 valence electrons. The molecule has 1 amide bonds. The second kappa shape index (κ2) is 6.73. The zero-order valence-corrected chi connectivity index (χ0v) is 12.5. The number of hydrogen-bond donors (Lipinski definition) is 1. The van der Waals surface area contributed by atoms with Gasteiger partial charge in [0.1, 0.15) is 11.6 Å². The van der Waals surface area contributed by atoms with Crippen LogP contribution in [-0.4, -0.2) is 28.9 Å². The number of carbonyl (C=O) groups excluding carboxylic acids is 1. The maximum atomic E-state index is 13.6. The van der Waals surface area contributed by atoms with Gasteiger partial charge in [0.15, 0.2) is 5.13 Å².